The van der Waals surface area contributed by atoms with Crippen LogP contribution in [0, 0.1) is 0 Å². The Morgan fingerprint density at radius 3 is 2.42 bits per heavy atom. The molecule has 2 N–H and O–H groups in total. The summed E-state index contributed by atoms with van der Waals surface area (Å²) in [5.74, 6) is -1.38. The Hall–Kier alpha value is -1.48. The molecule has 0 aliphatic carbocycles. The van der Waals surface area contributed by atoms with Gasteiger partial charge >= 0.3 is 6.36 Å². The lowest BCUT2D eigenvalue weighted by Crippen LogP contribution is -2.21. The zero-order valence-corrected chi connectivity index (χ0v) is 9.73. The molecule has 4 nitrogen and oxygen atoms in total. The van der Waals surface area contributed by atoms with Crippen LogP contribution in [0.5, 0.6) is 5.75 Å². The van der Waals surface area contributed by atoms with E-state index in [0.717, 1.165) is 0 Å². The Kier molecular flexibility index (Phi) is 4.64. The molecule has 0 fully saturated rings. The number of hydrogen-bond donors (Lipinski definition) is 1. The number of nitrogens with two attached hydrogens (primary N) is 1. The molecule has 0 amide bonds. The molecule has 0 aliphatic heterocycles. The summed E-state index contributed by atoms with van der Waals surface area (Å²) in [6.07, 6.45) is -8.03. The maximum Gasteiger partial charge on any atom is 0.573 e. The zero-order valence-electron chi connectivity index (χ0n) is 8.97. The van der Waals surface area contributed by atoms with Gasteiger partial charge in [-0.15, -0.1) is 13.2 Å². The Bertz CT molecular complexity index is 492. The minimum Gasteiger partial charge on any atom is -0.404 e. The first-order valence-electron chi connectivity index (χ1n) is 4.63. The summed E-state index contributed by atoms with van der Waals surface area (Å²) in [6.45, 7) is -0.551. The highest BCUT2D eigenvalue weighted by Gasteiger charge is 2.36. The summed E-state index contributed by atoms with van der Waals surface area (Å²) >= 11 is 5.01. The molecule has 0 saturated carbocycles. The molecular weight excluding hydrogens is 299 g/mol. The topological polar surface area (TPSA) is 65.2 Å². The van der Waals surface area contributed by atoms with Gasteiger partial charge in [-0.1, -0.05) is 0 Å². The van der Waals surface area contributed by atoms with Crippen LogP contribution in [0.2, 0.25) is 0 Å². The van der Waals surface area contributed by atoms with E-state index in [1.807, 2.05) is 0 Å². The second-order valence-electron chi connectivity index (χ2n) is 3.19. The highest BCUT2D eigenvalue weighted by Crippen LogP contribution is 2.37. The van der Waals surface area contributed by atoms with Crippen molar-refractivity contribution in [1.82, 2.24) is 4.98 Å². The van der Waals surface area contributed by atoms with Crippen LogP contribution < -0.4 is 10.5 Å². The minimum absolute atomic E-state index is 0.518. The molecule has 0 aliphatic rings. The largest absolute Gasteiger partial charge is 0.573 e. The van der Waals surface area contributed by atoms with Gasteiger partial charge in [0.25, 0.3) is 11.7 Å². The average Bonchev–Trinajstić information content (AvgIpc) is 2.25. The van der Waals surface area contributed by atoms with Gasteiger partial charge in [0.2, 0.25) is 0 Å². The van der Waals surface area contributed by atoms with E-state index >= 15 is 0 Å². The Balaban J connectivity index is 3.53. The monoisotopic (exact) mass is 304 g/mol. The van der Waals surface area contributed by atoms with Crippen molar-refractivity contribution in [1.29, 1.82) is 0 Å². The van der Waals surface area contributed by atoms with Crippen LogP contribution in [0.4, 0.5) is 22.0 Å². The van der Waals surface area contributed by atoms with Crippen LogP contribution in [0.3, 0.4) is 0 Å². The van der Waals surface area contributed by atoms with Crippen LogP contribution >= 0.6 is 11.6 Å². The summed E-state index contributed by atoms with van der Waals surface area (Å²) in [6, 6.07) is 0. The van der Waals surface area contributed by atoms with Crippen LogP contribution in [0.1, 0.15) is 28.0 Å². The third kappa shape index (κ3) is 3.74. The molecule has 0 bridgehead atoms. The molecule has 0 saturated heterocycles. The van der Waals surface area contributed by atoms with Crippen molar-refractivity contribution in [3.8, 4) is 5.75 Å². The van der Waals surface area contributed by atoms with Crippen molar-refractivity contribution < 1.29 is 31.5 Å². The molecule has 1 aromatic rings. The van der Waals surface area contributed by atoms with Crippen molar-refractivity contribution in [2.24, 2.45) is 5.73 Å². The second-order valence-corrected chi connectivity index (χ2v) is 3.53. The lowest BCUT2D eigenvalue weighted by molar-refractivity contribution is -0.275. The Morgan fingerprint density at radius 2 is 2.05 bits per heavy atom. The standard InChI is InChI=1S/C9H6ClF5N2O2/c10-7(18)3-2-17-4(1-16)5(8(11)12)6(3)19-9(13,14)15/h2,8H,1,16H2. The molecule has 0 radical (unpaired) electrons. The number of aromatic nitrogens is 1. The predicted octanol–water partition coefficient (Wildman–Crippen LogP) is 2.76. The van der Waals surface area contributed by atoms with Gasteiger partial charge in [0.1, 0.15) is 0 Å². The van der Waals surface area contributed by atoms with Crippen molar-refractivity contribution in [2.75, 3.05) is 0 Å². The Morgan fingerprint density at radius 1 is 1.47 bits per heavy atom. The van der Waals surface area contributed by atoms with Crippen LogP contribution in [-0.2, 0) is 6.54 Å². The number of rotatable bonds is 4. The van der Waals surface area contributed by atoms with Gasteiger partial charge in [-0.05, 0) is 11.6 Å². The van der Waals surface area contributed by atoms with E-state index in [1.54, 1.807) is 0 Å². The molecule has 1 rings (SSSR count). The fourth-order valence-corrected chi connectivity index (χ4v) is 1.43. The highest BCUT2D eigenvalue weighted by atomic mass is 35.5. The summed E-state index contributed by atoms with van der Waals surface area (Å²) in [4.78, 5) is 14.3. The first kappa shape index (κ1) is 15.6. The average molecular weight is 305 g/mol. The highest BCUT2D eigenvalue weighted by molar-refractivity contribution is 6.68. The fourth-order valence-electron chi connectivity index (χ4n) is 1.30. The van der Waals surface area contributed by atoms with E-state index in [-0.39, 0.29) is 0 Å². The first-order chi connectivity index (χ1) is 8.67. The summed E-state index contributed by atoms with van der Waals surface area (Å²) in [7, 11) is 0. The molecule has 106 valence electrons. The molecule has 0 atom stereocenters. The number of ether oxygens (including phenoxy) is 1. The van der Waals surface area contributed by atoms with E-state index in [2.05, 4.69) is 9.72 Å². The summed E-state index contributed by atoms with van der Waals surface area (Å²) in [5, 5.41) is -1.41. The Labute approximate surface area is 108 Å². The molecule has 0 unspecified atom stereocenters. The van der Waals surface area contributed by atoms with E-state index < -0.39 is 47.1 Å². The second kappa shape index (κ2) is 5.66. The van der Waals surface area contributed by atoms with Crippen molar-refractivity contribution >= 4 is 16.8 Å². The summed E-state index contributed by atoms with van der Waals surface area (Å²) in [5.41, 5.74) is 2.47. The van der Waals surface area contributed by atoms with E-state index in [4.69, 9.17) is 17.3 Å². The van der Waals surface area contributed by atoms with Crippen LogP contribution in [-0.4, -0.2) is 16.6 Å². The zero-order chi connectivity index (χ0) is 14.8. The van der Waals surface area contributed by atoms with Gasteiger partial charge in [-0.3, -0.25) is 9.78 Å². The minimum atomic E-state index is -5.27. The van der Waals surface area contributed by atoms with E-state index in [1.165, 1.54) is 0 Å². The molecule has 0 aromatic carbocycles. The van der Waals surface area contributed by atoms with Gasteiger partial charge in [0.15, 0.2) is 5.75 Å². The summed E-state index contributed by atoms with van der Waals surface area (Å²) < 4.78 is 65.6. The van der Waals surface area contributed by atoms with Crippen molar-refractivity contribution in [2.45, 2.75) is 19.3 Å². The van der Waals surface area contributed by atoms with E-state index in [0.29, 0.717) is 6.20 Å². The van der Waals surface area contributed by atoms with Crippen LogP contribution in [0.25, 0.3) is 0 Å². The quantitative estimate of drug-likeness (QED) is 0.686. The molecule has 1 heterocycles. The SMILES string of the molecule is NCc1ncc(C(=O)Cl)c(OC(F)(F)F)c1C(F)F. The van der Waals surface area contributed by atoms with E-state index in [9.17, 15) is 26.7 Å². The number of hydrogen-bond acceptors (Lipinski definition) is 4. The number of carbonyl (C=O) groups excluding carboxylic acids is 1. The third-order valence-electron chi connectivity index (χ3n) is 1.99. The fraction of sp³-hybridized carbons (Fsp3) is 0.333. The van der Waals surface area contributed by atoms with Gasteiger partial charge in [-0.25, -0.2) is 8.78 Å². The van der Waals surface area contributed by atoms with Gasteiger partial charge in [-0.2, -0.15) is 0 Å². The van der Waals surface area contributed by atoms with Gasteiger partial charge in [0, 0.05) is 12.7 Å². The maximum absolute atomic E-state index is 12.8. The smallest absolute Gasteiger partial charge is 0.404 e. The van der Waals surface area contributed by atoms with Crippen molar-refractivity contribution in [3.63, 3.8) is 0 Å². The maximum atomic E-state index is 12.8. The third-order valence-corrected chi connectivity index (χ3v) is 2.19. The molecule has 10 heteroatoms. The number of halogens is 6. The lowest BCUT2D eigenvalue weighted by atomic mass is 10.1. The lowest BCUT2D eigenvalue weighted by Gasteiger charge is -2.17. The van der Waals surface area contributed by atoms with Crippen LogP contribution in [0.15, 0.2) is 6.20 Å². The normalized spacial score (nSPS) is 11.8. The predicted molar refractivity (Wildman–Crippen MR) is 54.0 cm³/mol. The molecule has 19 heavy (non-hydrogen) atoms. The van der Waals surface area contributed by atoms with Gasteiger partial charge < -0.3 is 10.5 Å². The molecular formula is C9H6ClF5N2O2. The number of carbonyl (C=O) groups is 1. The number of pyridine rings is 1. The van der Waals surface area contributed by atoms with Crippen molar-refractivity contribution in [3.05, 3.63) is 23.0 Å². The number of nitrogens with zero attached hydrogens (tertiary/aromatic N) is 1. The van der Waals surface area contributed by atoms with Gasteiger partial charge in [0.05, 0.1) is 16.8 Å². The number of alkyl halides is 5. The first-order valence-corrected chi connectivity index (χ1v) is 5.00. The molecule has 0 spiro atoms. The molecule has 1 aromatic heterocycles.